The number of furan rings is 1. The van der Waals surface area contributed by atoms with Gasteiger partial charge in [-0.2, -0.15) is 0 Å². The van der Waals surface area contributed by atoms with Crippen LogP contribution in [0.15, 0.2) is 41.0 Å². The number of benzene rings is 1. The normalized spacial score (nSPS) is 11.6. The molecule has 1 heterocycles. The molecule has 2 rings (SSSR count). The Balaban J connectivity index is 2.48. The minimum atomic E-state index is -1.02. The molecule has 3 nitrogen and oxygen atoms in total. The van der Waals surface area contributed by atoms with Gasteiger partial charge in [0.1, 0.15) is 5.76 Å². The average molecular weight is 263 g/mol. The van der Waals surface area contributed by atoms with Crippen LogP contribution in [0.3, 0.4) is 0 Å². The van der Waals surface area contributed by atoms with E-state index in [9.17, 15) is 9.90 Å². The molecular weight excluding hydrogens is 252 g/mol. The smallest absolute Gasteiger partial charge is 0.336 e. The van der Waals surface area contributed by atoms with Gasteiger partial charge in [0.15, 0.2) is 0 Å². The van der Waals surface area contributed by atoms with E-state index in [2.05, 4.69) is 0 Å². The van der Waals surface area contributed by atoms with Crippen LogP contribution in [-0.4, -0.2) is 11.1 Å². The third-order valence-electron chi connectivity index (χ3n) is 2.54. The van der Waals surface area contributed by atoms with E-state index in [-0.39, 0.29) is 5.57 Å². The number of hydrogen-bond donors (Lipinski definition) is 1. The summed E-state index contributed by atoms with van der Waals surface area (Å²) >= 11 is 6.00. The summed E-state index contributed by atoms with van der Waals surface area (Å²) in [5.41, 5.74) is 1.60. The minimum absolute atomic E-state index is 0.145. The molecule has 0 saturated heterocycles. The van der Waals surface area contributed by atoms with Crippen molar-refractivity contribution in [3.8, 4) is 0 Å². The minimum Gasteiger partial charge on any atom is -0.478 e. The molecule has 1 N–H and O–H groups in total. The zero-order valence-corrected chi connectivity index (χ0v) is 10.4. The van der Waals surface area contributed by atoms with E-state index in [0.29, 0.717) is 16.3 Å². The van der Waals surface area contributed by atoms with E-state index < -0.39 is 5.97 Å². The van der Waals surface area contributed by atoms with Crippen molar-refractivity contribution in [1.29, 1.82) is 0 Å². The summed E-state index contributed by atoms with van der Waals surface area (Å²) < 4.78 is 5.12. The molecule has 0 bridgehead atoms. The number of halogens is 1. The maximum Gasteiger partial charge on any atom is 0.336 e. The fourth-order valence-electron chi connectivity index (χ4n) is 1.54. The van der Waals surface area contributed by atoms with Crippen LogP contribution in [0.4, 0.5) is 0 Å². The molecule has 0 aliphatic rings. The van der Waals surface area contributed by atoms with Crippen molar-refractivity contribution in [2.45, 2.75) is 6.92 Å². The molecule has 0 radical (unpaired) electrons. The van der Waals surface area contributed by atoms with Gasteiger partial charge in [0.2, 0.25) is 0 Å². The van der Waals surface area contributed by atoms with E-state index in [0.717, 1.165) is 5.56 Å². The molecule has 0 fully saturated rings. The lowest BCUT2D eigenvalue weighted by Crippen LogP contribution is -1.99. The fraction of sp³-hybridized carbons (Fsp3) is 0.0714. The Morgan fingerprint density at radius 1 is 1.39 bits per heavy atom. The summed E-state index contributed by atoms with van der Waals surface area (Å²) in [5.74, 6) is -0.532. The highest BCUT2D eigenvalue weighted by Crippen LogP contribution is 2.24. The molecule has 0 amide bonds. The van der Waals surface area contributed by atoms with Gasteiger partial charge >= 0.3 is 5.97 Å². The van der Waals surface area contributed by atoms with E-state index in [4.69, 9.17) is 16.0 Å². The van der Waals surface area contributed by atoms with E-state index >= 15 is 0 Å². The topological polar surface area (TPSA) is 50.4 Å². The summed E-state index contributed by atoms with van der Waals surface area (Å²) in [4.78, 5) is 11.3. The number of hydrogen-bond acceptors (Lipinski definition) is 2. The lowest BCUT2D eigenvalue weighted by Gasteiger charge is -2.04. The number of carbonyl (C=O) groups is 1. The van der Waals surface area contributed by atoms with Gasteiger partial charge in [0.25, 0.3) is 0 Å². The number of aliphatic carboxylic acids is 1. The number of rotatable bonds is 3. The molecule has 0 saturated carbocycles. The first kappa shape index (κ1) is 12.5. The van der Waals surface area contributed by atoms with Gasteiger partial charge in [-0.3, -0.25) is 0 Å². The molecule has 92 valence electrons. The monoisotopic (exact) mass is 262 g/mol. The Hall–Kier alpha value is -2.00. The van der Waals surface area contributed by atoms with E-state index in [1.54, 1.807) is 30.3 Å². The van der Waals surface area contributed by atoms with Crippen molar-refractivity contribution in [2.24, 2.45) is 0 Å². The first-order valence-corrected chi connectivity index (χ1v) is 5.71. The Bertz CT molecular complexity index is 598. The van der Waals surface area contributed by atoms with Crippen LogP contribution >= 0.6 is 11.6 Å². The summed E-state index contributed by atoms with van der Waals surface area (Å²) in [5, 5.41) is 9.77. The maximum absolute atomic E-state index is 11.3. The van der Waals surface area contributed by atoms with Crippen LogP contribution in [0.2, 0.25) is 5.02 Å². The van der Waals surface area contributed by atoms with Gasteiger partial charge in [0, 0.05) is 5.02 Å². The zero-order chi connectivity index (χ0) is 13.1. The Kier molecular flexibility index (Phi) is 3.53. The highest BCUT2D eigenvalue weighted by atomic mass is 35.5. The SMILES string of the molecule is Cc1ccc(/C(=C/c2ccco2)C(=O)O)cc1Cl. The predicted octanol–water partition coefficient (Wildman–Crippen LogP) is 3.87. The molecule has 0 unspecified atom stereocenters. The summed E-state index contributed by atoms with van der Waals surface area (Å²) in [6, 6.07) is 8.55. The van der Waals surface area contributed by atoms with Crippen LogP contribution in [0.5, 0.6) is 0 Å². The first-order chi connectivity index (χ1) is 8.58. The molecule has 0 spiro atoms. The average Bonchev–Trinajstić information content (AvgIpc) is 2.82. The van der Waals surface area contributed by atoms with Crippen LogP contribution in [0.1, 0.15) is 16.9 Å². The standard InChI is InChI=1S/C14H11ClO3/c1-9-4-5-10(7-13(9)15)12(14(16)17)8-11-3-2-6-18-11/h2-8H,1H3,(H,16,17)/b12-8-. The third kappa shape index (κ3) is 2.63. The quantitative estimate of drug-likeness (QED) is 0.855. The second-order valence-corrected chi connectivity index (χ2v) is 4.25. The number of carboxylic acid groups (broad SMARTS) is 1. The second-order valence-electron chi connectivity index (χ2n) is 3.84. The molecule has 1 aromatic heterocycles. The highest BCUT2D eigenvalue weighted by molar-refractivity contribution is 6.32. The van der Waals surface area contributed by atoms with Gasteiger partial charge in [-0.1, -0.05) is 23.7 Å². The molecular formula is C14H11ClO3. The summed E-state index contributed by atoms with van der Waals surface area (Å²) in [6.45, 7) is 1.86. The number of aryl methyl sites for hydroxylation is 1. The number of carboxylic acids is 1. The van der Waals surface area contributed by atoms with Gasteiger partial charge in [0.05, 0.1) is 11.8 Å². The fourth-order valence-corrected chi connectivity index (χ4v) is 1.73. The van der Waals surface area contributed by atoms with Crippen LogP contribution in [0.25, 0.3) is 11.6 Å². The highest BCUT2D eigenvalue weighted by Gasteiger charge is 2.12. The molecule has 1 aromatic carbocycles. The van der Waals surface area contributed by atoms with Gasteiger partial charge in [-0.05, 0) is 42.3 Å². The largest absolute Gasteiger partial charge is 0.478 e. The van der Waals surface area contributed by atoms with Crippen LogP contribution in [0, 0.1) is 6.92 Å². The first-order valence-electron chi connectivity index (χ1n) is 5.33. The molecule has 0 atom stereocenters. The predicted molar refractivity (Wildman–Crippen MR) is 70.4 cm³/mol. The molecule has 2 aromatic rings. The van der Waals surface area contributed by atoms with Crippen molar-refractivity contribution in [3.05, 3.63) is 58.5 Å². The zero-order valence-electron chi connectivity index (χ0n) is 9.68. The Morgan fingerprint density at radius 2 is 2.17 bits per heavy atom. The molecule has 18 heavy (non-hydrogen) atoms. The third-order valence-corrected chi connectivity index (χ3v) is 2.95. The molecule has 0 aliphatic carbocycles. The Morgan fingerprint density at radius 3 is 2.72 bits per heavy atom. The van der Waals surface area contributed by atoms with Gasteiger partial charge < -0.3 is 9.52 Å². The van der Waals surface area contributed by atoms with Crippen molar-refractivity contribution in [3.63, 3.8) is 0 Å². The Labute approximate surface area is 109 Å². The van der Waals surface area contributed by atoms with Crippen molar-refractivity contribution < 1.29 is 14.3 Å². The van der Waals surface area contributed by atoms with Gasteiger partial charge in [-0.15, -0.1) is 0 Å². The summed E-state index contributed by atoms with van der Waals surface area (Å²) in [6.07, 6.45) is 2.97. The van der Waals surface area contributed by atoms with E-state index in [1.807, 2.05) is 6.92 Å². The summed E-state index contributed by atoms with van der Waals surface area (Å²) in [7, 11) is 0. The van der Waals surface area contributed by atoms with E-state index in [1.165, 1.54) is 12.3 Å². The molecule has 0 aliphatic heterocycles. The van der Waals surface area contributed by atoms with Crippen molar-refractivity contribution >= 4 is 29.2 Å². The second kappa shape index (κ2) is 5.10. The lowest BCUT2D eigenvalue weighted by molar-refractivity contribution is -0.130. The molecule has 4 heteroatoms. The van der Waals surface area contributed by atoms with Crippen LogP contribution in [-0.2, 0) is 4.79 Å². The lowest BCUT2D eigenvalue weighted by atomic mass is 10.0. The maximum atomic E-state index is 11.3. The van der Waals surface area contributed by atoms with Crippen LogP contribution < -0.4 is 0 Å². The van der Waals surface area contributed by atoms with Crippen molar-refractivity contribution in [1.82, 2.24) is 0 Å². The van der Waals surface area contributed by atoms with Crippen molar-refractivity contribution in [2.75, 3.05) is 0 Å². The van der Waals surface area contributed by atoms with Gasteiger partial charge in [-0.25, -0.2) is 4.79 Å².